The van der Waals surface area contributed by atoms with Gasteiger partial charge in [0.15, 0.2) is 0 Å². The molecule has 0 aromatic carbocycles. The number of hydrogen-bond acceptors (Lipinski definition) is 4. The van der Waals surface area contributed by atoms with Crippen molar-refractivity contribution in [2.75, 3.05) is 26.2 Å². The third-order valence-corrected chi connectivity index (χ3v) is 3.83. The van der Waals surface area contributed by atoms with Crippen LogP contribution < -0.4 is 5.32 Å². The molecule has 2 atom stereocenters. The Balaban J connectivity index is 2.45. The number of nitrogens with one attached hydrogen (secondary N) is 1. The van der Waals surface area contributed by atoms with Crippen molar-refractivity contribution in [3.63, 3.8) is 0 Å². The van der Waals surface area contributed by atoms with Crippen molar-refractivity contribution in [1.82, 2.24) is 10.2 Å². The predicted octanol–water partition coefficient (Wildman–Crippen LogP) is 1.72. The Kier molecular flexibility index (Phi) is 5.98. The van der Waals surface area contributed by atoms with E-state index >= 15 is 0 Å². The summed E-state index contributed by atoms with van der Waals surface area (Å²) in [5.41, 5.74) is -0.933. The van der Waals surface area contributed by atoms with Gasteiger partial charge >= 0.3 is 5.97 Å². The lowest BCUT2D eigenvalue weighted by Crippen LogP contribution is -2.53. The zero-order chi connectivity index (χ0) is 15.4. The molecule has 1 saturated heterocycles. The molecule has 20 heavy (non-hydrogen) atoms. The summed E-state index contributed by atoms with van der Waals surface area (Å²) in [6.45, 7) is 13.4. The molecule has 1 aliphatic heterocycles. The first kappa shape index (κ1) is 17.4. The minimum absolute atomic E-state index is 0.116. The van der Waals surface area contributed by atoms with E-state index in [1.54, 1.807) is 6.92 Å². The van der Waals surface area contributed by atoms with Gasteiger partial charge in [-0.05, 0) is 53.6 Å². The van der Waals surface area contributed by atoms with Crippen LogP contribution in [0, 0.1) is 0 Å². The number of likely N-dealkylation sites (N-methyl/N-ethyl adjacent to an activating group) is 1. The Hall–Kier alpha value is -0.650. The van der Waals surface area contributed by atoms with Crippen molar-refractivity contribution in [1.29, 1.82) is 0 Å². The van der Waals surface area contributed by atoms with Gasteiger partial charge in [0.2, 0.25) is 0 Å². The highest BCUT2D eigenvalue weighted by Crippen LogP contribution is 2.22. The van der Waals surface area contributed by atoms with Gasteiger partial charge in [0.05, 0.1) is 11.7 Å². The number of nitrogens with zero attached hydrogens (tertiary/aromatic N) is 1. The van der Waals surface area contributed by atoms with Crippen LogP contribution in [0.3, 0.4) is 0 Å². The number of aliphatic carboxylic acids is 1. The lowest BCUT2D eigenvalue weighted by Gasteiger charge is -2.42. The van der Waals surface area contributed by atoms with E-state index in [0.717, 1.165) is 26.1 Å². The molecule has 1 aliphatic rings. The molecule has 0 spiro atoms. The van der Waals surface area contributed by atoms with Crippen LogP contribution in [0.4, 0.5) is 0 Å². The highest BCUT2D eigenvalue weighted by Gasteiger charge is 2.33. The van der Waals surface area contributed by atoms with Gasteiger partial charge in [-0.3, -0.25) is 9.69 Å². The van der Waals surface area contributed by atoms with Crippen molar-refractivity contribution in [3.8, 4) is 0 Å². The van der Waals surface area contributed by atoms with E-state index in [4.69, 9.17) is 4.74 Å². The number of hydrogen-bond donors (Lipinski definition) is 2. The average Bonchev–Trinajstić information content (AvgIpc) is 2.26. The van der Waals surface area contributed by atoms with Crippen LogP contribution in [0.2, 0.25) is 0 Å². The van der Waals surface area contributed by atoms with Gasteiger partial charge in [-0.25, -0.2) is 0 Å². The lowest BCUT2D eigenvalue weighted by atomic mass is 9.95. The van der Waals surface area contributed by atoms with Gasteiger partial charge in [-0.2, -0.15) is 0 Å². The predicted molar refractivity (Wildman–Crippen MR) is 80.0 cm³/mol. The molecule has 5 nitrogen and oxygen atoms in total. The zero-order valence-corrected chi connectivity index (χ0v) is 13.5. The van der Waals surface area contributed by atoms with Crippen molar-refractivity contribution in [2.45, 2.75) is 64.7 Å². The summed E-state index contributed by atoms with van der Waals surface area (Å²) in [7, 11) is 0. The minimum Gasteiger partial charge on any atom is -0.480 e. The molecule has 118 valence electrons. The van der Waals surface area contributed by atoms with Gasteiger partial charge in [-0.15, -0.1) is 0 Å². The summed E-state index contributed by atoms with van der Waals surface area (Å²) in [6, 6.07) is 0. The molecule has 0 aromatic rings. The summed E-state index contributed by atoms with van der Waals surface area (Å²) in [5.74, 6) is -0.768. The number of carboxylic acid groups (broad SMARTS) is 1. The quantitative estimate of drug-likeness (QED) is 0.746. The topological polar surface area (TPSA) is 61.8 Å². The van der Waals surface area contributed by atoms with E-state index in [2.05, 4.69) is 31.0 Å². The molecule has 0 aromatic heterocycles. The van der Waals surface area contributed by atoms with Crippen molar-refractivity contribution in [2.24, 2.45) is 0 Å². The molecule has 5 heteroatoms. The smallest absolute Gasteiger partial charge is 0.323 e. The lowest BCUT2D eigenvalue weighted by molar-refractivity contribution is -0.145. The van der Waals surface area contributed by atoms with E-state index in [1.807, 2.05) is 6.92 Å². The van der Waals surface area contributed by atoms with Gasteiger partial charge in [0.25, 0.3) is 0 Å². The number of ether oxygens (including phenoxy) is 1. The van der Waals surface area contributed by atoms with Gasteiger partial charge in [-0.1, -0.05) is 6.92 Å². The van der Waals surface area contributed by atoms with Crippen molar-refractivity contribution >= 4 is 5.97 Å². The van der Waals surface area contributed by atoms with Crippen LogP contribution in [0.15, 0.2) is 0 Å². The first-order chi connectivity index (χ1) is 9.18. The van der Waals surface area contributed by atoms with E-state index in [0.29, 0.717) is 13.0 Å². The molecule has 0 amide bonds. The van der Waals surface area contributed by atoms with E-state index < -0.39 is 11.5 Å². The fourth-order valence-electron chi connectivity index (χ4n) is 3.07. The number of carbonyl (C=O) groups is 1. The Morgan fingerprint density at radius 2 is 2.20 bits per heavy atom. The number of morpholine rings is 1. The highest BCUT2D eigenvalue weighted by atomic mass is 16.5. The van der Waals surface area contributed by atoms with Crippen LogP contribution in [0.25, 0.3) is 0 Å². The molecule has 1 heterocycles. The standard InChI is InChI=1S/C15H30N2O3/c1-6-16-15(5,13(18)19)8-7-9-17-10-12(2)20-14(3,4)11-17/h12,16H,6-11H2,1-5H3,(H,18,19). The monoisotopic (exact) mass is 286 g/mol. The Morgan fingerprint density at radius 1 is 1.55 bits per heavy atom. The fraction of sp³-hybridized carbons (Fsp3) is 0.933. The molecular formula is C15H30N2O3. The normalized spacial score (nSPS) is 26.1. The second-order valence-corrected chi connectivity index (χ2v) is 6.69. The second-order valence-electron chi connectivity index (χ2n) is 6.69. The first-order valence-corrected chi connectivity index (χ1v) is 7.57. The molecule has 2 unspecified atom stereocenters. The summed E-state index contributed by atoms with van der Waals surface area (Å²) >= 11 is 0. The summed E-state index contributed by atoms with van der Waals surface area (Å²) in [6.07, 6.45) is 1.75. The van der Waals surface area contributed by atoms with Crippen molar-refractivity contribution in [3.05, 3.63) is 0 Å². The van der Waals surface area contributed by atoms with Gasteiger partial charge in [0, 0.05) is 13.1 Å². The van der Waals surface area contributed by atoms with Crippen LogP contribution in [-0.2, 0) is 9.53 Å². The second kappa shape index (κ2) is 6.87. The SMILES string of the molecule is CCNC(C)(CCCN1CC(C)OC(C)(C)C1)C(=O)O. The molecule has 0 saturated carbocycles. The Bertz CT molecular complexity index is 333. The van der Waals surface area contributed by atoms with Crippen LogP contribution >= 0.6 is 0 Å². The first-order valence-electron chi connectivity index (χ1n) is 7.57. The largest absolute Gasteiger partial charge is 0.480 e. The fourth-order valence-corrected chi connectivity index (χ4v) is 3.07. The molecular weight excluding hydrogens is 256 g/mol. The molecule has 1 fully saturated rings. The molecule has 0 bridgehead atoms. The Labute approximate surface area is 122 Å². The summed E-state index contributed by atoms with van der Waals surface area (Å²) in [5, 5.41) is 12.4. The van der Waals surface area contributed by atoms with E-state index in [9.17, 15) is 9.90 Å². The zero-order valence-electron chi connectivity index (χ0n) is 13.5. The van der Waals surface area contributed by atoms with Gasteiger partial charge < -0.3 is 15.2 Å². The highest BCUT2D eigenvalue weighted by molar-refractivity contribution is 5.78. The number of rotatable bonds is 7. The molecule has 2 N–H and O–H groups in total. The average molecular weight is 286 g/mol. The van der Waals surface area contributed by atoms with Gasteiger partial charge in [0.1, 0.15) is 5.54 Å². The van der Waals surface area contributed by atoms with Crippen LogP contribution in [0.5, 0.6) is 0 Å². The third kappa shape index (κ3) is 5.04. The minimum atomic E-state index is -0.817. The van der Waals surface area contributed by atoms with E-state index in [1.165, 1.54) is 0 Å². The Morgan fingerprint density at radius 3 is 2.70 bits per heavy atom. The number of carboxylic acids is 1. The van der Waals surface area contributed by atoms with E-state index in [-0.39, 0.29) is 11.7 Å². The van der Waals surface area contributed by atoms with Crippen LogP contribution in [0.1, 0.15) is 47.5 Å². The maximum atomic E-state index is 11.4. The molecule has 1 rings (SSSR count). The summed E-state index contributed by atoms with van der Waals surface area (Å²) < 4.78 is 5.88. The maximum absolute atomic E-state index is 11.4. The third-order valence-electron chi connectivity index (χ3n) is 3.83. The van der Waals surface area contributed by atoms with Crippen LogP contribution in [-0.4, -0.2) is 59.4 Å². The van der Waals surface area contributed by atoms with Crippen molar-refractivity contribution < 1.29 is 14.6 Å². The maximum Gasteiger partial charge on any atom is 0.323 e. The molecule has 0 aliphatic carbocycles. The summed E-state index contributed by atoms with van der Waals surface area (Å²) in [4.78, 5) is 13.7. The molecule has 0 radical (unpaired) electrons.